The zero-order chi connectivity index (χ0) is 20.3. The van der Waals surface area contributed by atoms with E-state index in [1.54, 1.807) is 12.1 Å². The van der Waals surface area contributed by atoms with E-state index in [4.69, 9.17) is 9.47 Å². The number of ketones is 1. The first-order valence-electron chi connectivity index (χ1n) is 9.27. The van der Waals surface area contributed by atoms with E-state index in [1.807, 2.05) is 0 Å². The monoisotopic (exact) mass is 388 g/mol. The second-order valence-corrected chi connectivity index (χ2v) is 7.06. The third kappa shape index (κ3) is 4.26. The van der Waals surface area contributed by atoms with Gasteiger partial charge in [-0.25, -0.2) is 4.79 Å². The maximum Gasteiger partial charge on any atom is 0.342 e. The molecule has 0 aromatic heterocycles. The molecule has 1 heterocycles. The van der Waals surface area contributed by atoms with Gasteiger partial charge >= 0.3 is 5.97 Å². The number of phenols is 1. The Bertz CT molecular complexity index is 811. The number of rotatable bonds is 1. The molecule has 2 aliphatic rings. The van der Waals surface area contributed by atoms with Crippen LogP contribution in [0.1, 0.15) is 41.6 Å². The van der Waals surface area contributed by atoms with E-state index < -0.39 is 30.1 Å². The number of esters is 1. The molecule has 0 amide bonds. The van der Waals surface area contributed by atoms with Crippen LogP contribution in [0.25, 0.3) is 6.08 Å². The molecule has 7 nitrogen and oxygen atoms in total. The standard InChI is InChI=1S/C21H24O7/c1-27-14-10-13-5-2-6-15(22)20(25)16(23)9-8-12-4-3-7-18(12)28-21(26)19(13)17(24)11-14/h2,5,8-12,15,18,20,22,24-25H,3-4,6-7H2,1H3/b5-2+,9-8-/t12-,15+,18-,20+/m1/s1. The van der Waals surface area contributed by atoms with Crippen LogP contribution in [0, 0.1) is 5.92 Å². The van der Waals surface area contributed by atoms with E-state index in [1.165, 1.54) is 31.4 Å². The molecule has 0 bridgehead atoms. The van der Waals surface area contributed by atoms with Crippen molar-refractivity contribution in [3.63, 3.8) is 0 Å². The van der Waals surface area contributed by atoms with Gasteiger partial charge in [0.1, 0.15) is 29.3 Å². The van der Waals surface area contributed by atoms with Gasteiger partial charge in [-0.05, 0) is 43.4 Å². The number of hydrogen-bond donors (Lipinski definition) is 3. The van der Waals surface area contributed by atoms with Crippen LogP contribution in [0.2, 0.25) is 0 Å². The number of aliphatic hydroxyl groups excluding tert-OH is 2. The lowest BCUT2D eigenvalue weighted by molar-refractivity contribution is -0.127. The summed E-state index contributed by atoms with van der Waals surface area (Å²) in [4.78, 5) is 24.9. The second kappa shape index (κ2) is 8.58. The van der Waals surface area contributed by atoms with E-state index >= 15 is 0 Å². The summed E-state index contributed by atoms with van der Waals surface area (Å²) >= 11 is 0. The van der Waals surface area contributed by atoms with Crippen LogP contribution in [0.3, 0.4) is 0 Å². The average molecular weight is 388 g/mol. The summed E-state index contributed by atoms with van der Waals surface area (Å²) in [6, 6.07) is 2.90. The summed E-state index contributed by atoms with van der Waals surface area (Å²) in [5.74, 6) is -1.33. The Kier molecular flexibility index (Phi) is 6.16. The number of methoxy groups -OCH3 is 1. The Hall–Kier alpha value is -2.64. The van der Waals surface area contributed by atoms with Crippen LogP contribution < -0.4 is 4.74 Å². The predicted octanol–water partition coefficient (Wildman–Crippen LogP) is 1.99. The van der Waals surface area contributed by atoms with Crippen molar-refractivity contribution in [3.8, 4) is 11.5 Å². The summed E-state index contributed by atoms with van der Waals surface area (Å²) in [5, 5.41) is 30.5. The van der Waals surface area contributed by atoms with Crippen LogP contribution in [0.4, 0.5) is 0 Å². The molecule has 28 heavy (non-hydrogen) atoms. The van der Waals surface area contributed by atoms with Crippen molar-refractivity contribution >= 4 is 17.8 Å². The lowest BCUT2D eigenvalue weighted by Gasteiger charge is -2.20. The molecular weight excluding hydrogens is 364 g/mol. The van der Waals surface area contributed by atoms with Crippen LogP contribution in [-0.4, -0.2) is 52.5 Å². The first-order chi connectivity index (χ1) is 13.4. The van der Waals surface area contributed by atoms with Crippen LogP contribution in [0.5, 0.6) is 11.5 Å². The summed E-state index contributed by atoms with van der Waals surface area (Å²) in [5.41, 5.74) is 0.367. The number of aromatic hydroxyl groups is 1. The van der Waals surface area contributed by atoms with Gasteiger partial charge in [-0.15, -0.1) is 0 Å². The second-order valence-electron chi connectivity index (χ2n) is 7.06. The number of carbonyl (C=O) groups is 2. The predicted molar refractivity (Wildman–Crippen MR) is 101 cm³/mol. The van der Waals surface area contributed by atoms with E-state index in [2.05, 4.69) is 0 Å². The number of hydrogen-bond acceptors (Lipinski definition) is 7. The molecule has 4 atom stereocenters. The Labute approximate surface area is 162 Å². The fourth-order valence-electron chi connectivity index (χ4n) is 3.58. The molecule has 1 aliphatic heterocycles. The lowest BCUT2D eigenvalue weighted by Crippen LogP contribution is -2.32. The normalized spacial score (nSPS) is 30.5. The van der Waals surface area contributed by atoms with Gasteiger partial charge in [-0.2, -0.15) is 0 Å². The molecule has 1 saturated carbocycles. The van der Waals surface area contributed by atoms with Crippen molar-refractivity contribution < 1.29 is 34.4 Å². The fraction of sp³-hybridized carbons (Fsp3) is 0.429. The molecule has 0 spiro atoms. The molecule has 0 saturated heterocycles. The molecular formula is C21H24O7. The first kappa shape index (κ1) is 20.1. The molecule has 1 aromatic rings. The van der Waals surface area contributed by atoms with E-state index in [9.17, 15) is 24.9 Å². The summed E-state index contributed by atoms with van der Waals surface area (Å²) in [6.45, 7) is 0. The van der Waals surface area contributed by atoms with Crippen molar-refractivity contribution in [2.24, 2.45) is 5.92 Å². The van der Waals surface area contributed by atoms with Crippen molar-refractivity contribution in [3.05, 3.63) is 41.5 Å². The van der Waals surface area contributed by atoms with Gasteiger partial charge in [0, 0.05) is 12.0 Å². The van der Waals surface area contributed by atoms with Gasteiger partial charge in [-0.3, -0.25) is 4.79 Å². The molecule has 0 unspecified atom stereocenters. The Balaban J connectivity index is 2.03. The first-order valence-corrected chi connectivity index (χ1v) is 9.27. The fourth-order valence-corrected chi connectivity index (χ4v) is 3.58. The maximum absolute atomic E-state index is 12.8. The number of carbonyl (C=O) groups excluding carboxylic acids is 2. The highest BCUT2D eigenvalue weighted by molar-refractivity contribution is 5.97. The van der Waals surface area contributed by atoms with Crippen molar-refractivity contribution in [2.75, 3.05) is 7.11 Å². The SMILES string of the molecule is COc1cc(O)c2c(c1)/C=C/C[C@H](O)[C@H](O)C(=O)/C=C\[C@H]1CCC[C@H]1OC2=O. The van der Waals surface area contributed by atoms with Gasteiger partial charge < -0.3 is 24.8 Å². The minimum Gasteiger partial charge on any atom is -0.507 e. The van der Waals surface area contributed by atoms with Crippen molar-refractivity contribution in [1.82, 2.24) is 0 Å². The van der Waals surface area contributed by atoms with Crippen molar-refractivity contribution in [2.45, 2.75) is 44.0 Å². The number of fused-ring (bicyclic) bond motifs is 2. The number of aliphatic hydroxyl groups is 2. The van der Waals surface area contributed by atoms with Crippen molar-refractivity contribution in [1.29, 1.82) is 0 Å². The number of ether oxygens (including phenoxy) is 2. The van der Waals surface area contributed by atoms with E-state index in [0.717, 1.165) is 12.8 Å². The maximum atomic E-state index is 12.8. The highest BCUT2D eigenvalue weighted by Gasteiger charge is 2.31. The Morgan fingerprint density at radius 2 is 1.93 bits per heavy atom. The van der Waals surface area contributed by atoms with Gasteiger partial charge in [0.15, 0.2) is 5.78 Å². The number of benzene rings is 1. The quantitative estimate of drug-likeness (QED) is 0.631. The van der Waals surface area contributed by atoms with Crippen LogP contribution in [0.15, 0.2) is 30.4 Å². The van der Waals surface area contributed by atoms with Crippen LogP contribution in [-0.2, 0) is 9.53 Å². The third-order valence-corrected chi connectivity index (χ3v) is 5.16. The average Bonchev–Trinajstić information content (AvgIpc) is 3.10. The zero-order valence-electron chi connectivity index (χ0n) is 15.6. The minimum absolute atomic E-state index is 0.00912. The highest BCUT2D eigenvalue weighted by atomic mass is 16.5. The molecule has 1 aromatic carbocycles. The van der Waals surface area contributed by atoms with Gasteiger partial charge in [0.2, 0.25) is 0 Å². The summed E-state index contributed by atoms with van der Waals surface area (Å²) in [7, 11) is 1.44. The molecule has 150 valence electrons. The summed E-state index contributed by atoms with van der Waals surface area (Å²) < 4.78 is 10.8. The Morgan fingerprint density at radius 3 is 2.68 bits per heavy atom. The smallest absolute Gasteiger partial charge is 0.342 e. The molecule has 0 radical (unpaired) electrons. The van der Waals surface area contributed by atoms with Gasteiger partial charge in [0.05, 0.1) is 13.2 Å². The van der Waals surface area contributed by atoms with Gasteiger partial charge in [-0.1, -0.05) is 18.2 Å². The molecule has 7 heteroatoms. The summed E-state index contributed by atoms with van der Waals surface area (Å²) in [6.07, 6.45) is 4.84. The molecule has 3 rings (SSSR count). The molecule has 1 aliphatic carbocycles. The number of phenolic OH excluding ortho intramolecular Hbond substituents is 1. The minimum atomic E-state index is -1.54. The van der Waals surface area contributed by atoms with E-state index in [0.29, 0.717) is 17.7 Å². The Morgan fingerprint density at radius 1 is 1.14 bits per heavy atom. The third-order valence-electron chi connectivity index (χ3n) is 5.16. The van der Waals surface area contributed by atoms with Gasteiger partial charge in [0.25, 0.3) is 0 Å². The topological polar surface area (TPSA) is 113 Å². The highest BCUT2D eigenvalue weighted by Crippen LogP contribution is 2.34. The molecule has 3 N–H and O–H groups in total. The van der Waals surface area contributed by atoms with E-state index in [-0.39, 0.29) is 23.7 Å². The molecule has 1 fully saturated rings. The zero-order valence-corrected chi connectivity index (χ0v) is 15.6. The lowest BCUT2D eigenvalue weighted by atomic mass is 9.99. The largest absolute Gasteiger partial charge is 0.507 e. The van der Waals surface area contributed by atoms with Crippen LogP contribution >= 0.6 is 0 Å².